The molecule has 26 heavy (non-hydrogen) atoms. The Hall–Kier alpha value is -2.13. The molecule has 2 rings (SSSR count). The number of hydrogen-bond donors (Lipinski definition) is 2. The monoisotopic (exact) mass is 384 g/mol. The summed E-state index contributed by atoms with van der Waals surface area (Å²) in [7, 11) is -2.28. The molecule has 0 bridgehead atoms. The van der Waals surface area contributed by atoms with E-state index in [1.807, 2.05) is 0 Å². The molecule has 0 aromatic heterocycles. The molecule has 2 N–H and O–H groups in total. The van der Waals surface area contributed by atoms with E-state index in [-0.39, 0.29) is 23.2 Å². The average molecular weight is 384 g/mol. The largest absolute Gasteiger partial charge is 0.466 e. The summed E-state index contributed by atoms with van der Waals surface area (Å²) < 4.78 is 34.7. The van der Waals surface area contributed by atoms with Crippen LogP contribution in [0.1, 0.15) is 31.9 Å². The van der Waals surface area contributed by atoms with Gasteiger partial charge in [-0.15, -0.1) is 0 Å². The van der Waals surface area contributed by atoms with Gasteiger partial charge in [0, 0.05) is 11.7 Å². The number of benzene rings is 1. The number of rotatable bonds is 6. The molecule has 1 aromatic carbocycles. The lowest BCUT2D eigenvalue weighted by molar-refractivity contribution is -0.148. The van der Waals surface area contributed by atoms with Gasteiger partial charge in [-0.05, 0) is 43.7 Å². The van der Waals surface area contributed by atoms with E-state index in [4.69, 9.17) is 4.74 Å². The summed E-state index contributed by atoms with van der Waals surface area (Å²) in [4.78, 5) is 23.9. The fourth-order valence-electron chi connectivity index (χ4n) is 3.01. The molecule has 8 nitrogen and oxygen atoms in total. The van der Waals surface area contributed by atoms with Crippen LogP contribution in [0, 0.1) is 5.92 Å². The van der Waals surface area contributed by atoms with E-state index in [9.17, 15) is 18.0 Å². The molecule has 144 valence electrons. The van der Waals surface area contributed by atoms with Gasteiger partial charge in [-0.3, -0.25) is 10.1 Å². The highest BCUT2D eigenvalue weighted by atomic mass is 32.2. The maximum Gasteiger partial charge on any atom is 0.411 e. The molecule has 0 radical (unpaired) electrons. The van der Waals surface area contributed by atoms with Crippen LogP contribution in [0.3, 0.4) is 0 Å². The molecule has 9 heteroatoms. The number of carbonyl (C=O) groups is 2. The zero-order valence-electron chi connectivity index (χ0n) is 15.1. The molecular formula is C17H24N2O6S. The summed E-state index contributed by atoms with van der Waals surface area (Å²) in [6.07, 6.45) is -0.118. The van der Waals surface area contributed by atoms with E-state index in [1.54, 1.807) is 19.9 Å². The van der Waals surface area contributed by atoms with Crippen LogP contribution in [0.5, 0.6) is 0 Å². The Morgan fingerprint density at radius 3 is 2.65 bits per heavy atom. The Kier molecular flexibility index (Phi) is 6.60. The molecule has 1 aliphatic rings. The zero-order valence-corrected chi connectivity index (χ0v) is 15.9. The van der Waals surface area contributed by atoms with Gasteiger partial charge in [-0.25, -0.2) is 13.2 Å². The zero-order chi connectivity index (χ0) is 19.3. The molecule has 1 amide bonds. The number of anilines is 1. The molecule has 1 fully saturated rings. The van der Waals surface area contributed by atoms with Gasteiger partial charge in [0.2, 0.25) is 0 Å². The first-order valence-electron chi connectivity index (χ1n) is 8.45. The molecular weight excluding hydrogens is 360 g/mol. The molecule has 1 heterocycles. The van der Waals surface area contributed by atoms with Crippen LogP contribution in [-0.2, 0) is 24.1 Å². The lowest BCUT2D eigenvalue weighted by atomic mass is 9.94. The van der Waals surface area contributed by atoms with Gasteiger partial charge in [0.05, 0.1) is 30.3 Å². The number of carbonyl (C=O) groups excluding carboxylic acids is 2. The van der Waals surface area contributed by atoms with Crippen molar-refractivity contribution in [3.05, 3.63) is 23.8 Å². The minimum Gasteiger partial charge on any atom is -0.466 e. The Bertz CT molecular complexity index is 777. The van der Waals surface area contributed by atoms with Crippen molar-refractivity contribution in [1.82, 2.24) is 5.32 Å². The highest BCUT2D eigenvalue weighted by molar-refractivity contribution is 7.91. The van der Waals surface area contributed by atoms with Crippen molar-refractivity contribution in [2.75, 3.05) is 31.3 Å². The van der Waals surface area contributed by atoms with Crippen molar-refractivity contribution in [3.63, 3.8) is 0 Å². The maximum absolute atomic E-state index is 12.5. The van der Waals surface area contributed by atoms with E-state index < -0.39 is 27.9 Å². The smallest absolute Gasteiger partial charge is 0.411 e. The van der Waals surface area contributed by atoms with E-state index in [0.29, 0.717) is 24.2 Å². The molecule has 1 saturated heterocycles. The summed E-state index contributed by atoms with van der Waals surface area (Å²) >= 11 is 0. The summed E-state index contributed by atoms with van der Waals surface area (Å²) in [6, 6.07) is 4.00. The lowest BCUT2D eigenvalue weighted by Crippen LogP contribution is -2.27. The van der Waals surface area contributed by atoms with Crippen LogP contribution < -0.4 is 10.6 Å². The summed E-state index contributed by atoms with van der Waals surface area (Å²) in [6.45, 7) is 4.11. The Labute approximate surface area is 153 Å². The molecule has 1 aromatic rings. The van der Waals surface area contributed by atoms with E-state index in [2.05, 4.69) is 15.4 Å². The standard InChI is InChI=1S/C17H24N2O6S/c1-4-25-16(20)12-8-9-18-15(12)13-10-11(19-17(21)24-3)6-7-14(13)26(22,23)5-2/h6-7,10,12,15,18H,4-5,8-9H2,1-3H3,(H,19,21)/t12-,15+/m0/s1. The summed E-state index contributed by atoms with van der Waals surface area (Å²) in [5.41, 5.74) is 0.828. The first-order valence-corrected chi connectivity index (χ1v) is 10.1. The van der Waals surface area contributed by atoms with E-state index in [0.717, 1.165) is 0 Å². The third-order valence-corrected chi connectivity index (χ3v) is 6.11. The van der Waals surface area contributed by atoms with E-state index in [1.165, 1.54) is 19.2 Å². The van der Waals surface area contributed by atoms with Gasteiger partial charge in [0.25, 0.3) is 0 Å². The second-order valence-electron chi connectivity index (χ2n) is 5.85. The van der Waals surface area contributed by atoms with Crippen LogP contribution in [0.25, 0.3) is 0 Å². The Balaban J connectivity index is 2.49. The molecule has 0 aliphatic carbocycles. The second kappa shape index (κ2) is 8.50. The van der Waals surface area contributed by atoms with Gasteiger partial charge in [-0.2, -0.15) is 0 Å². The summed E-state index contributed by atoms with van der Waals surface area (Å²) in [5, 5.41) is 5.71. The molecule has 0 saturated carbocycles. The second-order valence-corrected chi connectivity index (χ2v) is 8.10. The fraction of sp³-hybridized carbons (Fsp3) is 0.529. The predicted octanol–water partition coefficient (Wildman–Crippen LogP) is 1.87. The summed E-state index contributed by atoms with van der Waals surface area (Å²) in [5.74, 6) is -0.927. The Morgan fingerprint density at radius 2 is 2.04 bits per heavy atom. The topological polar surface area (TPSA) is 111 Å². The maximum atomic E-state index is 12.5. The van der Waals surface area contributed by atoms with Crippen molar-refractivity contribution < 1.29 is 27.5 Å². The number of amides is 1. The van der Waals surface area contributed by atoms with Gasteiger partial charge in [0.1, 0.15) is 0 Å². The minimum atomic E-state index is -3.51. The van der Waals surface area contributed by atoms with Crippen molar-refractivity contribution in [1.29, 1.82) is 0 Å². The molecule has 2 atom stereocenters. The fourth-order valence-corrected chi connectivity index (χ4v) is 4.14. The van der Waals surface area contributed by atoms with Crippen LogP contribution >= 0.6 is 0 Å². The van der Waals surface area contributed by atoms with Crippen molar-refractivity contribution in [3.8, 4) is 0 Å². The van der Waals surface area contributed by atoms with Crippen molar-refractivity contribution >= 4 is 27.6 Å². The van der Waals surface area contributed by atoms with Crippen molar-refractivity contribution in [2.45, 2.75) is 31.2 Å². The van der Waals surface area contributed by atoms with Crippen LogP contribution in [-0.4, -0.2) is 46.5 Å². The first-order chi connectivity index (χ1) is 12.3. The van der Waals surface area contributed by atoms with Gasteiger partial charge >= 0.3 is 12.1 Å². The van der Waals surface area contributed by atoms with Crippen molar-refractivity contribution in [2.24, 2.45) is 5.92 Å². The van der Waals surface area contributed by atoms with Crippen LogP contribution in [0.4, 0.5) is 10.5 Å². The normalized spacial score (nSPS) is 19.8. The highest BCUT2D eigenvalue weighted by Crippen LogP contribution is 2.36. The number of nitrogens with one attached hydrogen (secondary N) is 2. The molecule has 1 aliphatic heterocycles. The Morgan fingerprint density at radius 1 is 1.31 bits per heavy atom. The van der Waals surface area contributed by atoms with Gasteiger partial charge in [-0.1, -0.05) is 6.92 Å². The number of sulfone groups is 1. The predicted molar refractivity (Wildman–Crippen MR) is 95.7 cm³/mol. The molecule has 0 spiro atoms. The first kappa shape index (κ1) is 20.2. The highest BCUT2D eigenvalue weighted by Gasteiger charge is 2.37. The van der Waals surface area contributed by atoms with Gasteiger partial charge in [0.15, 0.2) is 9.84 Å². The SMILES string of the molecule is CCOC(=O)[C@H]1CCN[C@H]1c1cc(NC(=O)OC)ccc1S(=O)(=O)CC. The van der Waals surface area contributed by atoms with Gasteiger partial charge < -0.3 is 14.8 Å². The number of hydrogen-bond acceptors (Lipinski definition) is 7. The average Bonchev–Trinajstić information content (AvgIpc) is 3.11. The lowest BCUT2D eigenvalue weighted by Gasteiger charge is -2.22. The number of esters is 1. The quantitative estimate of drug-likeness (QED) is 0.720. The van der Waals surface area contributed by atoms with Crippen LogP contribution in [0.15, 0.2) is 23.1 Å². The molecule has 0 unspecified atom stereocenters. The number of methoxy groups -OCH3 is 1. The third kappa shape index (κ3) is 4.34. The minimum absolute atomic E-state index is 0.0689. The number of ether oxygens (including phenoxy) is 2. The third-order valence-electron chi connectivity index (χ3n) is 4.30. The van der Waals surface area contributed by atoms with Crippen LogP contribution in [0.2, 0.25) is 0 Å². The van der Waals surface area contributed by atoms with E-state index >= 15 is 0 Å².